The second-order valence-corrected chi connectivity index (χ2v) is 12.7. The van der Waals surface area contributed by atoms with Crippen molar-refractivity contribution >= 4 is 17.3 Å². The average molecular weight is 553 g/mol. The molecule has 0 amide bonds. The van der Waals surface area contributed by atoms with Crippen LogP contribution in [0.15, 0.2) is 52.6 Å². The van der Waals surface area contributed by atoms with E-state index in [9.17, 15) is 25.6 Å². The van der Waals surface area contributed by atoms with Crippen LogP contribution in [0.4, 0.5) is 11.4 Å². The van der Waals surface area contributed by atoms with Crippen LogP contribution in [0.2, 0.25) is 0 Å². The molecule has 0 aromatic heterocycles. The molecule has 8 nitrogen and oxygen atoms in total. The van der Waals surface area contributed by atoms with E-state index < -0.39 is 16.9 Å². The van der Waals surface area contributed by atoms with Crippen molar-refractivity contribution in [3.63, 3.8) is 0 Å². The van der Waals surface area contributed by atoms with Gasteiger partial charge in [-0.1, -0.05) is 42.7 Å². The summed E-state index contributed by atoms with van der Waals surface area (Å²) >= 11 is 0. The Labute approximate surface area is 238 Å². The van der Waals surface area contributed by atoms with E-state index in [0.29, 0.717) is 29.1 Å². The highest BCUT2D eigenvalue weighted by Crippen LogP contribution is 2.58. The van der Waals surface area contributed by atoms with E-state index in [4.69, 9.17) is 4.74 Å². The molecular formula is C32H44N2O6-2. The minimum absolute atomic E-state index is 0.0665. The summed E-state index contributed by atoms with van der Waals surface area (Å²) in [5.41, 5.74) is 5.37. The van der Waals surface area contributed by atoms with Gasteiger partial charge in [0.05, 0.1) is 11.3 Å². The van der Waals surface area contributed by atoms with Crippen molar-refractivity contribution in [1.29, 1.82) is 0 Å². The van der Waals surface area contributed by atoms with Crippen molar-refractivity contribution in [3.8, 4) is 0 Å². The number of rotatable bonds is 9. The molecule has 40 heavy (non-hydrogen) atoms. The number of ether oxygens (including phenoxy) is 1. The lowest BCUT2D eigenvalue weighted by atomic mass is 9.65. The number of hydrogen-bond donors (Lipinski definition) is 2. The molecule has 4 rings (SSSR count). The Kier molecular flexibility index (Phi) is 9.45. The Bertz CT molecular complexity index is 1160. The molecule has 3 aliphatic rings. The van der Waals surface area contributed by atoms with Crippen LogP contribution in [0.1, 0.15) is 96.3 Å². The van der Waals surface area contributed by atoms with Gasteiger partial charge in [0.1, 0.15) is 6.61 Å². The maximum Gasteiger partial charge on any atom is 0.338 e. The molecule has 5 atom stereocenters. The molecule has 0 spiro atoms. The zero-order valence-electron chi connectivity index (χ0n) is 24.5. The summed E-state index contributed by atoms with van der Waals surface area (Å²) in [7, 11) is 0. The zero-order valence-corrected chi connectivity index (χ0v) is 24.5. The third kappa shape index (κ3) is 6.62. The molecule has 0 aliphatic heterocycles. The first-order chi connectivity index (χ1) is 18.9. The molecular weight excluding hydrogens is 508 g/mol. The molecule has 1 fully saturated rings. The second kappa shape index (κ2) is 12.5. The summed E-state index contributed by atoms with van der Waals surface area (Å²) in [5.74, 6) is 1.93. The van der Waals surface area contributed by atoms with Gasteiger partial charge in [0.2, 0.25) is 0 Å². The van der Waals surface area contributed by atoms with Gasteiger partial charge < -0.3 is 20.4 Å². The molecule has 3 aliphatic carbocycles. The fraction of sp³-hybridized carbons (Fsp3) is 0.594. The summed E-state index contributed by atoms with van der Waals surface area (Å²) in [6.45, 7) is 11.6. The lowest BCUT2D eigenvalue weighted by Gasteiger charge is -2.39. The maximum atomic E-state index is 12.5. The van der Waals surface area contributed by atoms with Gasteiger partial charge in [0.15, 0.2) is 0 Å². The van der Waals surface area contributed by atoms with Crippen LogP contribution in [0.3, 0.4) is 0 Å². The number of hydrogen-bond acceptors (Lipinski definition) is 8. The molecule has 0 heterocycles. The lowest BCUT2D eigenvalue weighted by Crippen LogP contribution is -2.30. The van der Waals surface area contributed by atoms with E-state index in [1.54, 1.807) is 16.7 Å². The van der Waals surface area contributed by atoms with Gasteiger partial charge in [-0.15, -0.1) is 5.23 Å². The monoisotopic (exact) mass is 552 g/mol. The van der Waals surface area contributed by atoms with Crippen LogP contribution < -0.4 is 10.5 Å². The minimum atomic E-state index is -0.763. The SMILES string of the molecule is CC(=CCC[C@H](C)[C@H]1CC[C@@]2(C)CC3=C(C)CC[C@H]3C(C)=CC[C@H]12)COC(=O)c1cc(N([O-])[O-])cc(N(O)O)c1. The van der Waals surface area contributed by atoms with E-state index in [0.717, 1.165) is 36.6 Å². The van der Waals surface area contributed by atoms with E-state index in [1.165, 1.54) is 38.5 Å². The van der Waals surface area contributed by atoms with Crippen LogP contribution in [-0.2, 0) is 4.74 Å². The quantitative estimate of drug-likeness (QED) is 0.179. The number of benzene rings is 1. The molecule has 1 aromatic carbocycles. The van der Waals surface area contributed by atoms with E-state index in [2.05, 4.69) is 39.8 Å². The molecule has 8 heteroatoms. The summed E-state index contributed by atoms with van der Waals surface area (Å²) in [6.07, 6.45) is 14.2. The van der Waals surface area contributed by atoms with Crippen LogP contribution in [0.25, 0.3) is 0 Å². The summed E-state index contributed by atoms with van der Waals surface area (Å²) < 4.78 is 5.36. The minimum Gasteiger partial charge on any atom is -0.769 e. The van der Waals surface area contributed by atoms with E-state index >= 15 is 0 Å². The Morgan fingerprint density at radius 2 is 1.93 bits per heavy atom. The molecule has 220 valence electrons. The second-order valence-electron chi connectivity index (χ2n) is 12.7. The lowest BCUT2D eigenvalue weighted by molar-refractivity contribution is 0.0291. The smallest absolute Gasteiger partial charge is 0.338 e. The predicted octanol–water partition coefficient (Wildman–Crippen LogP) is 8.09. The van der Waals surface area contributed by atoms with Gasteiger partial charge in [-0.05, 0) is 119 Å². The highest BCUT2D eigenvalue weighted by molar-refractivity contribution is 5.92. The topological polar surface area (TPSA) is 119 Å². The highest BCUT2D eigenvalue weighted by atomic mass is 16.8. The molecule has 0 saturated heterocycles. The van der Waals surface area contributed by atoms with Crippen molar-refractivity contribution < 1.29 is 19.9 Å². The zero-order chi connectivity index (χ0) is 29.2. The van der Waals surface area contributed by atoms with Crippen LogP contribution in [0, 0.1) is 39.5 Å². The first-order valence-electron chi connectivity index (χ1n) is 14.5. The normalized spacial score (nSPS) is 27.4. The molecule has 2 N–H and O–H groups in total. The van der Waals surface area contributed by atoms with Gasteiger partial charge >= 0.3 is 5.97 Å². The Hall–Kier alpha value is -2.65. The van der Waals surface area contributed by atoms with Crippen molar-refractivity contribution in [3.05, 3.63) is 68.6 Å². The third-order valence-corrected chi connectivity index (χ3v) is 9.93. The predicted molar refractivity (Wildman–Crippen MR) is 157 cm³/mol. The Morgan fingerprint density at radius 1 is 1.20 bits per heavy atom. The maximum absolute atomic E-state index is 12.5. The van der Waals surface area contributed by atoms with E-state index in [-0.39, 0.29) is 23.1 Å². The van der Waals surface area contributed by atoms with Gasteiger partial charge in [0, 0.05) is 11.6 Å². The molecule has 0 radical (unpaired) electrons. The van der Waals surface area contributed by atoms with Crippen molar-refractivity contribution in [1.82, 2.24) is 0 Å². The van der Waals surface area contributed by atoms with Gasteiger partial charge in [0.25, 0.3) is 0 Å². The first kappa shape index (κ1) is 30.3. The summed E-state index contributed by atoms with van der Waals surface area (Å²) in [4.78, 5) is 12.5. The number of esters is 1. The van der Waals surface area contributed by atoms with Crippen LogP contribution >= 0.6 is 0 Å². The molecule has 1 aromatic rings. The van der Waals surface area contributed by atoms with E-state index in [1.807, 2.05) is 6.92 Å². The fourth-order valence-corrected chi connectivity index (χ4v) is 7.48. The molecule has 1 saturated carbocycles. The third-order valence-electron chi connectivity index (χ3n) is 9.93. The van der Waals surface area contributed by atoms with Crippen molar-refractivity contribution in [2.75, 3.05) is 17.1 Å². The Balaban J connectivity index is 1.33. The summed E-state index contributed by atoms with van der Waals surface area (Å²) in [6, 6.07) is 3.14. The molecule has 0 unspecified atom stereocenters. The van der Waals surface area contributed by atoms with Gasteiger partial charge in [-0.25, -0.2) is 4.79 Å². The largest absolute Gasteiger partial charge is 0.769 e. The van der Waals surface area contributed by atoms with Crippen molar-refractivity contribution in [2.24, 2.45) is 29.1 Å². The van der Waals surface area contributed by atoms with Crippen LogP contribution in [-0.4, -0.2) is 23.0 Å². The number of carbonyl (C=O) groups is 1. The number of fused-ring (bicyclic) bond motifs is 2. The van der Waals surface area contributed by atoms with Crippen LogP contribution in [0.5, 0.6) is 0 Å². The number of carbonyl (C=O) groups excluding carboxylic acids is 1. The molecule has 0 bridgehead atoms. The number of nitrogens with zero attached hydrogens (tertiary/aromatic N) is 2. The Morgan fingerprint density at radius 3 is 2.62 bits per heavy atom. The van der Waals surface area contributed by atoms with Gasteiger partial charge in [-0.3, -0.25) is 10.4 Å². The first-order valence-corrected chi connectivity index (χ1v) is 14.5. The summed E-state index contributed by atoms with van der Waals surface area (Å²) in [5, 5.41) is 39.8. The average Bonchev–Trinajstić information content (AvgIpc) is 3.43. The number of allylic oxidation sites excluding steroid dienone is 5. The highest BCUT2D eigenvalue weighted by Gasteiger charge is 2.48. The standard InChI is InChI=1S/C32H44N2O6/c1-20(19-40-31(35)24-15-25(33(36)37)17-26(16-24)34(38)39)7-6-8-21(2)28-13-14-32(5)18-29-23(4)9-11-27(29)22(3)10-12-30(28)32/h7,10,15-17,21,27-28,30,36-37H,6,8-9,11-14,18-19H2,1-5H3/q-2/t21-,27-,28+,30+,32-/m0/s1. The van der Waals surface area contributed by atoms with Gasteiger partial charge in [-0.2, -0.15) is 0 Å². The van der Waals surface area contributed by atoms with Crippen molar-refractivity contribution in [2.45, 2.75) is 86.0 Å². The number of anilines is 2. The fourth-order valence-electron chi connectivity index (χ4n) is 7.48.